The third-order valence-corrected chi connectivity index (χ3v) is 3.97. The first-order chi connectivity index (χ1) is 11.2. The molecule has 0 unspecified atom stereocenters. The average Bonchev–Trinajstić information content (AvgIpc) is 3.33. The highest BCUT2D eigenvalue weighted by molar-refractivity contribution is 5.91. The molecule has 0 atom stereocenters. The fourth-order valence-electron chi connectivity index (χ4n) is 2.76. The molecular formula is C15H15N5O3. The lowest BCUT2D eigenvalue weighted by molar-refractivity contribution is 0.0716. The van der Waals surface area contributed by atoms with Crippen LogP contribution in [0.1, 0.15) is 34.6 Å². The number of carbonyl (C=O) groups is 1. The summed E-state index contributed by atoms with van der Waals surface area (Å²) in [5, 5.41) is 8.38. The minimum atomic E-state index is -0.142. The average molecular weight is 313 g/mol. The molecule has 0 spiro atoms. The van der Waals surface area contributed by atoms with Crippen molar-refractivity contribution in [3.8, 4) is 11.6 Å². The van der Waals surface area contributed by atoms with Gasteiger partial charge in [0.25, 0.3) is 11.8 Å². The summed E-state index contributed by atoms with van der Waals surface area (Å²) in [6.07, 6.45) is 2.19. The van der Waals surface area contributed by atoms with E-state index in [0.717, 1.165) is 11.3 Å². The summed E-state index contributed by atoms with van der Waals surface area (Å²) in [7, 11) is 1.85. The van der Waals surface area contributed by atoms with Gasteiger partial charge < -0.3 is 13.8 Å². The Labute approximate surface area is 131 Å². The van der Waals surface area contributed by atoms with Crippen LogP contribution in [-0.4, -0.2) is 30.7 Å². The van der Waals surface area contributed by atoms with Crippen LogP contribution in [-0.2, 0) is 26.6 Å². The highest BCUT2D eigenvalue weighted by Gasteiger charge is 2.33. The van der Waals surface area contributed by atoms with Crippen molar-refractivity contribution in [2.24, 2.45) is 7.05 Å². The summed E-state index contributed by atoms with van der Waals surface area (Å²) in [5.74, 6) is 1.22. The Kier molecular flexibility index (Phi) is 3.03. The van der Waals surface area contributed by atoms with Crippen LogP contribution in [0.5, 0.6) is 0 Å². The molecule has 1 aliphatic rings. The normalized spacial score (nSPS) is 13.6. The van der Waals surface area contributed by atoms with Gasteiger partial charge in [0.1, 0.15) is 0 Å². The zero-order chi connectivity index (χ0) is 16.0. The molecule has 0 N–H and O–H groups in total. The number of carbonyl (C=O) groups excluding carboxylic acids is 1. The maximum atomic E-state index is 12.4. The molecule has 0 aliphatic carbocycles. The van der Waals surface area contributed by atoms with Gasteiger partial charge in [-0.05, 0) is 12.1 Å². The number of hydrogen-bond acceptors (Lipinski definition) is 6. The number of hydrogen-bond donors (Lipinski definition) is 0. The number of nitrogens with zero attached hydrogens (tertiary/aromatic N) is 5. The van der Waals surface area contributed by atoms with E-state index < -0.39 is 0 Å². The Morgan fingerprint density at radius 3 is 2.96 bits per heavy atom. The topological polar surface area (TPSA) is 90.2 Å². The number of rotatable bonds is 3. The number of furan rings is 1. The van der Waals surface area contributed by atoms with E-state index in [0.29, 0.717) is 42.7 Å². The second kappa shape index (κ2) is 5.08. The van der Waals surface area contributed by atoms with E-state index >= 15 is 0 Å². The quantitative estimate of drug-likeness (QED) is 0.732. The van der Waals surface area contributed by atoms with E-state index in [4.69, 9.17) is 8.94 Å². The van der Waals surface area contributed by atoms with Crippen molar-refractivity contribution in [3.63, 3.8) is 0 Å². The van der Waals surface area contributed by atoms with Gasteiger partial charge >= 0.3 is 0 Å². The molecule has 0 saturated carbocycles. The zero-order valence-corrected chi connectivity index (χ0v) is 12.8. The molecular weight excluding hydrogens is 298 g/mol. The Hall–Kier alpha value is -2.90. The molecule has 3 aromatic heterocycles. The molecule has 0 aromatic carbocycles. The van der Waals surface area contributed by atoms with Crippen LogP contribution in [0.2, 0.25) is 0 Å². The van der Waals surface area contributed by atoms with Crippen LogP contribution in [0.15, 0.2) is 27.3 Å². The molecule has 4 rings (SSSR count). The Morgan fingerprint density at radius 2 is 2.26 bits per heavy atom. The lowest BCUT2D eigenvalue weighted by Crippen LogP contribution is -2.25. The molecule has 8 nitrogen and oxygen atoms in total. The summed E-state index contributed by atoms with van der Waals surface area (Å²) in [6.45, 7) is 2.89. The number of aromatic nitrogens is 4. The minimum Gasteiger partial charge on any atom is -0.459 e. The van der Waals surface area contributed by atoms with E-state index in [-0.39, 0.29) is 5.91 Å². The molecule has 0 bridgehead atoms. The Balaban J connectivity index is 1.66. The van der Waals surface area contributed by atoms with Gasteiger partial charge in [0.05, 0.1) is 25.0 Å². The van der Waals surface area contributed by atoms with Crippen LogP contribution in [0.4, 0.5) is 0 Å². The fourth-order valence-corrected chi connectivity index (χ4v) is 2.76. The number of amides is 1. The monoisotopic (exact) mass is 313 g/mol. The standard InChI is InChI=1S/C15H15N5O3/c1-3-12-16-14(23-18-12)13-9-7-20(8-10(9)19(2)17-13)15(21)11-5-4-6-22-11/h4-6H,3,7-8H2,1-2H3. The maximum absolute atomic E-state index is 12.4. The summed E-state index contributed by atoms with van der Waals surface area (Å²) in [5.41, 5.74) is 2.55. The van der Waals surface area contributed by atoms with Crippen molar-refractivity contribution in [2.75, 3.05) is 0 Å². The summed E-state index contributed by atoms with van der Waals surface area (Å²) < 4.78 is 12.2. The molecule has 3 aromatic rings. The summed E-state index contributed by atoms with van der Waals surface area (Å²) in [6, 6.07) is 3.37. The predicted molar refractivity (Wildman–Crippen MR) is 78.2 cm³/mol. The fraction of sp³-hybridized carbons (Fsp3) is 0.333. The molecule has 1 aliphatic heterocycles. The smallest absolute Gasteiger partial charge is 0.290 e. The molecule has 4 heterocycles. The molecule has 1 amide bonds. The van der Waals surface area contributed by atoms with Gasteiger partial charge in [-0.25, -0.2) is 0 Å². The van der Waals surface area contributed by atoms with Crippen molar-refractivity contribution in [2.45, 2.75) is 26.4 Å². The van der Waals surface area contributed by atoms with E-state index in [1.165, 1.54) is 6.26 Å². The lowest BCUT2D eigenvalue weighted by atomic mass is 10.2. The second-order valence-electron chi connectivity index (χ2n) is 5.41. The predicted octanol–water partition coefficient (Wildman–Crippen LogP) is 1.78. The van der Waals surface area contributed by atoms with Gasteiger partial charge in [-0.15, -0.1) is 0 Å². The van der Waals surface area contributed by atoms with Crippen LogP contribution in [0.25, 0.3) is 11.6 Å². The third-order valence-electron chi connectivity index (χ3n) is 3.97. The zero-order valence-electron chi connectivity index (χ0n) is 12.8. The minimum absolute atomic E-state index is 0.142. The van der Waals surface area contributed by atoms with Gasteiger partial charge in [-0.2, -0.15) is 10.1 Å². The first-order valence-electron chi connectivity index (χ1n) is 7.38. The maximum Gasteiger partial charge on any atom is 0.290 e. The van der Waals surface area contributed by atoms with Crippen LogP contribution >= 0.6 is 0 Å². The van der Waals surface area contributed by atoms with Crippen molar-refractivity contribution in [1.82, 2.24) is 24.8 Å². The molecule has 0 radical (unpaired) electrons. The van der Waals surface area contributed by atoms with Gasteiger partial charge in [0, 0.05) is 19.0 Å². The van der Waals surface area contributed by atoms with Crippen molar-refractivity contribution in [3.05, 3.63) is 41.2 Å². The lowest BCUT2D eigenvalue weighted by Gasteiger charge is -2.14. The van der Waals surface area contributed by atoms with Gasteiger partial charge in [0.15, 0.2) is 17.3 Å². The molecule has 23 heavy (non-hydrogen) atoms. The van der Waals surface area contributed by atoms with Gasteiger partial charge in [-0.1, -0.05) is 12.1 Å². The summed E-state index contributed by atoms with van der Waals surface area (Å²) >= 11 is 0. The van der Waals surface area contributed by atoms with Crippen LogP contribution in [0.3, 0.4) is 0 Å². The molecule has 0 fully saturated rings. The Bertz CT molecular complexity index is 862. The highest BCUT2D eigenvalue weighted by atomic mass is 16.5. The van der Waals surface area contributed by atoms with E-state index in [2.05, 4.69) is 15.2 Å². The van der Waals surface area contributed by atoms with Gasteiger partial charge in [0.2, 0.25) is 0 Å². The van der Waals surface area contributed by atoms with E-state index in [1.54, 1.807) is 21.7 Å². The van der Waals surface area contributed by atoms with Gasteiger partial charge in [-0.3, -0.25) is 9.48 Å². The van der Waals surface area contributed by atoms with Crippen molar-refractivity contribution in [1.29, 1.82) is 0 Å². The molecule has 118 valence electrons. The van der Waals surface area contributed by atoms with Crippen LogP contribution < -0.4 is 0 Å². The van der Waals surface area contributed by atoms with Crippen LogP contribution in [0, 0.1) is 0 Å². The molecule has 8 heteroatoms. The van der Waals surface area contributed by atoms with E-state index in [1.807, 2.05) is 14.0 Å². The first kappa shape index (κ1) is 13.7. The highest BCUT2D eigenvalue weighted by Crippen LogP contribution is 2.32. The first-order valence-corrected chi connectivity index (χ1v) is 7.38. The van der Waals surface area contributed by atoms with Crippen molar-refractivity contribution >= 4 is 5.91 Å². The largest absolute Gasteiger partial charge is 0.459 e. The SMILES string of the molecule is CCc1noc(-c2nn(C)c3c2CN(C(=O)c2ccco2)C3)n1. The molecule has 0 saturated heterocycles. The number of aryl methyl sites for hydroxylation is 2. The van der Waals surface area contributed by atoms with Crippen molar-refractivity contribution < 1.29 is 13.7 Å². The summed E-state index contributed by atoms with van der Waals surface area (Å²) in [4.78, 5) is 18.5. The Morgan fingerprint density at radius 1 is 1.39 bits per heavy atom. The number of fused-ring (bicyclic) bond motifs is 1. The van der Waals surface area contributed by atoms with E-state index in [9.17, 15) is 4.79 Å². The second-order valence-corrected chi connectivity index (χ2v) is 5.41. The third kappa shape index (κ3) is 2.14.